The third kappa shape index (κ3) is 1.55. The Hall–Kier alpha value is -0.410. The van der Waals surface area contributed by atoms with Gasteiger partial charge in [-0.2, -0.15) is 0 Å². The Morgan fingerprint density at radius 3 is 2.40 bits per heavy atom. The molecule has 2 nitrogen and oxygen atoms in total. The van der Waals surface area contributed by atoms with Crippen LogP contribution in [-0.2, 0) is 9.53 Å². The number of methoxy groups -OCH3 is 1. The van der Waals surface area contributed by atoms with Gasteiger partial charge in [0.05, 0.1) is 0 Å². The molecule has 0 aliphatic heterocycles. The zero-order chi connectivity index (χ0) is 7.61. The van der Waals surface area contributed by atoms with Crippen LogP contribution in [0.1, 0.15) is 0 Å². The average molecular weight is 203 g/mol. The molecule has 1 aliphatic carbocycles. The van der Waals surface area contributed by atoms with Gasteiger partial charge in [-0.05, 0) is 40.2 Å². The van der Waals surface area contributed by atoms with E-state index in [0.29, 0.717) is 0 Å². The number of halogens is 1. The summed E-state index contributed by atoms with van der Waals surface area (Å²) >= 11 is 3.27. The highest BCUT2D eigenvalue weighted by Gasteiger charge is 2.21. The predicted molar refractivity (Wildman–Crippen MR) is 42.0 cm³/mol. The van der Waals surface area contributed by atoms with Gasteiger partial charge in [-0.25, -0.2) is 0 Å². The van der Waals surface area contributed by atoms with E-state index in [1.54, 1.807) is 19.3 Å². The number of hydrogen-bond acceptors (Lipinski definition) is 2. The molecule has 0 spiro atoms. The minimum Gasteiger partial charge on any atom is -0.360 e. The lowest BCUT2D eigenvalue weighted by Crippen LogP contribution is -2.19. The van der Waals surface area contributed by atoms with Gasteiger partial charge < -0.3 is 4.74 Å². The van der Waals surface area contributed by atoms with Crippen molar-refractivity contribution in [1.29, 1.82) is 0 Å². The lowest BCUT2D eigenvalue weighted by Gasteiger charge is -2.18. The first-order chi connectivity index (χ1) is 4.66. The fourth-order valence-corrected chi connectivity index (χ4v) is 0.903. The van der Waals surface area contributed by atoms with Crippen LogP contribution in [0.25, 0.3) is 0 Å². The maximum absolute atomic E-state index is 10.6. The number of alkyl halides is 1. The predicted octanol–water partition coefficient (Wildman–Crippen LogP) is 1.42. The topological polar surface area (TPSA) is 26.3 Å². The third-order valence-corrected chi connectivity index (χ3v) is 2.11. The standard InChI is InChI=1S/C7H7BrO2/c1-10-7(8)4-2-6(9)3-5-7/h2-5H,1H3. The van der Waals surface area contributed by atoms with Gasteiger partial charge >= 0.3 is 0 Å². The summed E-state index contributed by atoms with van der Waals surface area (Å²) in [5.41, 5.74) is 0. The normalized spacial score (nSPS) is 21.6. The monoisotopic (exact) mass is 202 g/mol. The van der Waals surface area contributed by atoms with Crippen LogP contribution in [0.15, 0.2) is 24.3 Å². The molecule has 0 amide bonds. The fraction of sp³-hybridized carbons (Fsp3) is 0.286. The summed E-state index contributed by atoms with van der Waals surface area (Å²) in [4.78, 5) is 10.6. The maximum atomic E-state index is 10.6. The van der Waals surface area contributed by atoms with Crippen molar-refractivity contribution in [3.05, 3.63) is 24.3 Å². The molecule has 0 N–H and O–H groups in total. The largest absolute Gasteiger partial charge is 0.360 e. The zero-order valence-electron chi connectivity index (χ0n) is 5.50. The molecular weight excluding hydrogens is 196 g/mol. The highest BCUT2D eigenvalue weighted by Crippen LogP contribution is 2.24. The van der Waals surface area contributed by atoms with Crippen LogP contribution in [0.5, 0.6) is 0 Å². The van der Waals surface area contributed by atoms with E-state index in [1.165, 1.54) is 12.2 Å². The second-order valence-electron chi connectivity index (χ2n) is 1.97. The molecule has 0 aromatic carbocycles. The molecule has 0 heterocycles. The lowest BCUT2D eigenvalue weighted by molar-refractivity contribution is -0.110. The Morgan fingerprint density at radius 1 is 1.50 bits per heavy atom. The molecule has 0 radical (unpaired) electrons. The molecule has 0 fully saturated rings. The second-order valence-corrected chi connectivity index (χ2v) is 3.21. The van der Waals surface area contributed by atoms with E-state index in [1.807, 2.05) is 0 Å². The second kappa shape index (κ2) is 2.68. The molecular formula is C7H7BrO2. The van der Waals surface area contributed by atoms with Crippen molar-refractivity contribution in [2.45, 2.75) is 4.51 Å². The molecule has 3 heteroatoms. The van der Waals surface area contributed by atoms with E-state index in [4.69, 9.17) is 4.74 Å². The molecule has 1 aliphatic rings. The number of rotatable bonds is 1. The van der Waals surface area contributed by atoms with Crippen LogP contribution in [0, 0.1) is 0 Å². The van der Waals surface area contributed by atoms with E-state index < -0.39 is 4.51 Å². The molecule has 0 unspecified atom stereocenters. The van der Waals surface area contributed by atoms with E-state index in [2.05, 4.69) is 15.9 Å². The number of carbonyl (C=O) groups is 1. The van der Waals surface area contributed by atoms with Crippen molar-refractivity contribution in [3.63, 3.8) is 0 Å². The quantitative estimate of drug-likeness (QED) is 0.602. The van der Waals surface area contributed by atoms with Crippen LogP contribution in [0.4, 0.5) is 0 Å². The number of allylic oxidation sites excluding steroid dienone is 2. The summed E-state index contributed by atoms with van der Waals surface area (Å²) in [5.74, 6) is -0.00729. The van der Waals surface area contributed by atoms with E-state index >= 15 is 0 Å². The molecule has 0 saturated carbocycles. The van der Waals surface area contributed by atoms with Crippen molar-refractivity contribution in [1.82, 2.24) is 0 Å². The van der Waals surface area contributed by atoms with Crippen LogP contribution < -0.4 is 0 Å². The Labute approximate surface area is 67.7 Å². The Morgan fingerprint density at radius 2 is 2.00 bits per heavy atom. The molecule has 10 heavy (non-hydrogen) atoms. The summed E-state index contributed by atoms with van der Waals surface area (Å²) in [6.07, 6.45) is 6.27. The summed E-state index contributed by atoms with van der Waals surface area (Å²) in [6, 6.07) is 0. The van der Waals surface area contributed by atoms with Gasteiger partial charge in [-0.3, -0.25) is 4.79 Å². The van der Waals surface area contributed by atoms with Crippen molar-refractivity contribution in [2.24, 2.45) is 0 Å². The zero-order valence-corrected chi connectivity index (χ0v) is 7.09. The van der Waals surface area contributed by atoms with Crippen molar-refractivity contribution < 1.29 is 9.53 Å². The SMILES string of the molecule is COC1(Br)C=CC(=O)C=C1. The number of ether oxygens (including phenoxy) is 1. The first-order valence-electron chi connectivity index (χ1n) is 2.83. The smallest absolute Gasteiger partial charge is 0.178 e. The van der Waals surface area contributed by atoms with E-state index in [9.17, 15) is 4.79 Å². The minimum absolute atomic E-state index is 0.00729. The molecule has 0 aromatic heterocycles. The molecule has 0 bridgehead atoms. The maximum Gasteiger partial charge on any atom is 0.178 e. The Kier molecular flexibility index (Phi) is 2.06. The highest BCUT2D eigenvalue weighted by atomic mass is 79.9. The summed E-state index contributed by atoms with van der Waals surface area (Å²) < 4.78 is 4.45. The first-order valence-corrected chi connectivity index (χ1v) is 3.62. The van der Waals surface area contributed by atoms with Gasteiger partial charge in [0.25, 0.3) is 0 Å². The average Bonchev–Trinajstić information content (AvgIpc) is 1.96. The van der Waals surface area contributed by atoms with Gasteiger partial charge in [-0.1, -0.05) is 0 Å². The van der Waals surface area contributed by atoms with Gasteiger partial charge in [0, 0.05) is 7.11 Å². The number of ketones is 1. The van der Waals surface area contributed by atoms with Crippen molar-refractivity contribution in [3.8, 4) is 0 Å². The summed E-state index contributed by atoms with van der Waals surface area (Å²) in [6.45, 7) is 0. The Bertz CT molecular complexity index is 190. The van der Waals surface area contributed by atoms with Gasteiger partial charge in [0.1, 0.15) is 0 Å². The van der Waals surface area contributed by atoms with Gasteiger partial charge in [0.15, 0.2) is 10.3 Å². The Balaban J connectivity index is 2.78. The van der Waals surface area contributed by atoms with Gasteiger partial charge in [-0.15, -0.1) is 0 Å². The summed E-state index contributed by atoms with van der Waals surface area (Å²) in [5, 5.41) is 0. The first kappa shape index (κ1) is 7.69. The number of hydrogen-bond donors (Lipinski definition) is 0. The van der Waals surface area contributed by atoms with E-state index in [0.717, 1.165) is 0 Å². The van der Waals surface area contributed by atoms with Gasteiger partial charge in [0.2, 0.25) is 0 Å². The van der Waals surface area contributed by atoms with Crippen LogP contribution in [-0.4, -0.2) is 17.4 Å². The van der Waals surface area contributed by atoms with Crippen LogP contribution in [0.2, 0.25) is 0 Å². The van der Waals surface area contributed by atoms with Crippen molar-refractivity contribution in [2.75, 3.05) is 7.11 Å². The fourth-order valence-electron chi connectivity index (χ4n) is 0.639. The highest BCUT2D eigenvalue weighted by molar-refractivity contribution is 9.10. The van der Waals surface area contributed by atoms with Crippen LogP contribution >= 0.6 is 15.9 Å². The minimum atomic E-state index is -0.569. The molecule has 0 atom stereocenters. The molecule has 0 aromatic rings. The van der Waals surface area contributed by atoms with E-state index in [-0.39, 0.29) is 5.78 Å². The number of carbonyl (C=O) groups excluding carboxylic acids is 1. The molecule has 54 valence electrons. The third-order valence-electron chi connectivity index (χ3n) is 1.26. The molecule has 1 rings (SSSR count). The van der Waals surface area contributed by atoms with Crippen molar-refractivity contribution >= 4 is 21.7 Å². The lowest BCUT2D eigenvalue weighted by atomic mass is 10.1. The molecule has 0 saturated heterocycles. The summed E-state index contributed by atoms with van der Waals surface area (Å²) in [7, 11) is 1.57. The van der Waals surface area contributed by atoms with Crippen LogP contribution in [0.3, 0.4) is 0 Å².